The summed E-state index contributed by atoms with van der Waals surface area (Å²) in [7, 11) is 1.49. The van der Waals surface area contributed by atoms with E-state index in [1.165, 1.54) is 13.1 Å². The fraction of sp³-hybridized carbons (Fsp3) is 0.500. The molecule has 0 aromatic rings. The van der Waals surface area contributed by atoms with Gasteiger partial charge in [-0.1, -0.05) is 0 Å². The lowest BCUT2D eigenvalue weighted by atomic mass is 10.4. The second-order valence-electron chi connectivity index (χ2n) is 2.28. The van der Waals surface area contributed by atoms with E-state index >= 15 is 0 Å². The minimum Gasteiger partial charge on any atom is -0.463 e. The minimum atomic E-state index is -0.462. The molecular formula is C8H14N2O3. The van der Waals surface area contributed by atoms with Gasteiger partial charge in [0, 0.05) is 18.8 Å². The van der Waals surface area contributed by atoms with Crippen molar-refractivity contribution >= 4 is 12.0 Å². The van der Waals surface area contributed by atoms with Crippen LogP contribution in [-0.4, -0.2) is 25.7 Å². The molecule has 2 amide bonds. The van der Waals surface area contributed by atoms with Gasteiger partial charge in [0.1, 0.15) is 0 Å². The fourth-order valence-corrected chi connectivity index (χ4v) is 0.638. The predicted octanol–water partition coefficient (Wildman–Crippen LogP) is 0.382. The van der Waals surface area contributed by atoms with Gasteiger partial charge in [0.15, 0.2) is 0 Å². The Labute approximate surface area is 77.1 Å². The van der Waals surface area contributed by atoms with E-state index in [1.807, 2.05) is 0 Å². The molecule has 0 aliphatic rings. The summed E-state index contributed by atoms with van der Waals surface area (Å²) < 4.78 is 4.64. The third kappa shape index (κ3) is 5.72. The SMILES string of the molecule is CCOC(=O)/C=C(/C)NC(=O)NC. The number of rotatable bonds is 3. The average Bonchev–Trinajstić information content (AvgIpc) is 2.04. The molecule has 0 aliphatic heterocycles. The zero-order valence-corrected chi connectivity index (χ0v) is 8.01. The van der Waals surface area contributed by atoms with Crippen molar-refractivity contribution in [3.05, 3.63) is 11.8 Å². The van der Waals surface area contributed by atoms with Crippen LogP contribution in [0.4, 0.5) is 4.79 Å². The van der Waals surface area contributed by atoms with Crippen LogP contribution in [0.1, 0.15) is 13.8 Å². The lowest BCUT2D eigenvalue weighted by molar-refractivity contribution is -0.137. The maximum atomic E-state index is 10.9. The summed E-state index contributed by atoms with van der Waals surface area (Å²) >= 11 is 0. The summed E-state index contributed by atoms with van der Waals surface area (Å²) in [6.07, 6.45) is 1.22. The van der Waals surface area contributed by atoms with Crippen molar-refractivity contribution in [2.45, 2.75) is 13.8 Å². The van der Waals surface area contributed by atoms with Crippen LogP contribution < -0.4 is 10.6 Å². The highest BCUT2D eigenvalue weighted by Crippen LogP contribution is 1.88. The van der Waals surface area contributed by atoms with Gasteiger partial charge in [0.25, 0.3) is 0 Å². The van der Waals surface area contributed by atoms with Crippen LogP contribution in [0, 0.1) is 0 Å². The quantitative estimate of drug-likeness (QED) is 0.494. The van der Waals surface area contributed by atoms with Crippen LogP contribution in [0.3, 0.4) is 0 Å². The average molecular weight is 186 g/mol. The molecule has 0 spiro atoms. The summed E-state index contributed by atoms with van der Waals surface area (Å²) in [5.74, 6) is -0.462. The van der Waals surface area contributed by atoms with Crippen molar-refractivity contribution in [2.75, 3.05) is 13.7 Å². The molecule has 0 heterocycles. The first-order chi connectivity index (χ1) is 6.10. The van der Waals surface area contributed by atoms with Crippen molar-refractivity contribution in [3.63, 3.8) is 0 Å². The number of carbonyl (C=O) groups excluding carboxylic acids is 2. The molecule has 0 aromatic heterocycles. The van der Waals surface area contributed by atoms with E-state index in [2.05, 4.69) is 15.4 Å². The number of esters is 1. The van der Waals surface area contributed by atoms with Gasteiger partial charge in [0.2, 0.25) is 0 Å². The van der Waals surface area contributed by atoms with Gasteiger partial charge in [-0.15, -0.1) is 0 Å². The zero-order chi connectivity index (χ0) is 10.3. The lowest BCUT2D eigenvalue weighted by Gasteiger charge is -2.03. The van der Waals surface area contributed by atoms with Gasteiger partial charge in [0.05, 0.1) is 6.61 Å². The molecule has 0 bridgehead atoms. The Hall–Kier alpha value is -1.52. The molecule has 13 heavy (non-hydrogen) atoms. The van der Waals surface area contributed by atoms with E-state index in [0.29, 0.717) is 12.3 Å². The number of hydrogen-bond donors (Lipinski definition) is 2. The van der Waals surface area contributed by atoms with Gasteiger partial charge in [-0.3, -0.25) is 0 Å². The van der Waals surface area contributed by atoms with Crippen molar-refractivity contribution in [1.82, 2.24) is 10.6 Å². The van der Waals surface area contributed by atoms with E-state index in [1.54, 1.807) is 13.8 Å². The third-order valence-corrected chi connectivity index (χ3v) is 1.16. The molecule has 0 rings (SSSR count). The molecule has 0 aliphatic carbocycles. The van der Waals surface area contributed by atoms with Crippen LogP contribution in [0.25, 0.3) is 0 Å². The van der Waals surface area contributed by atoms with Gasteiger partial charge >= 0.3 is 12.0 Å². The van der Waals surface area contributed by atoms with E-state index in [-0.39, 0.29) is 6.03 Å². The van der Waals surface area contributed by atoms with Crippen LogP contribution >= 0.6 is 0 Å². The van der Waals surface area contributed by atoms with Gasteiger partial charge in [-0.25, -0.2) is 9.59 Å². The maximum absolute atomic E-state index is 10.9. The highest BCUT2D eigenvalue weighted by Gasteiger charge is 2.00. The summed E-state index contributed by atoms with van der Waals surface area (Å²) in [5.41, 5.74) is 0.442. The highest BCUT2D eigenvalue weighted by molar-refractivity contribution is 5.84. The number of amides is 2. The monoisotopic (exact) mass is 186 g/mol. The Kier molecular flexibility index (Phi) is 5.34. The largest absolute Gasteiger partial charge is 0.463 e. The first kappa shape index (κ1) is 11.5. The smallest absolute Gasteiger partial charge is 0.332 e. The molecule has 0 radical (unpaired) electrons. The lowest BCUT2D eigenvalue weighted by Crippen LogP contribution is -2.31. The Morgan fingerprint density at radius 2 is 2.08 bits per heavy atom. The van der Waals surface area contributed by atoms with Crippen LogP contribution in [0.2, 0.25) is 0 Å². The second kappa shape index (κ2) is 6.05. The number of ether oxygens (including phenoxy) is 1. The molecule has 0 fully saturated rings. The Bertz CT molecular complexity index is 223. The van der Waals surface area contributed by atoms with Crippen LogP contribution in [0.15, 0.2) is 11.8 Å². The Balaban J connectivity index is 4.01. The third-order valence-electron chi connectivity index (χ3n) is 1.16. The van der Waals surface area contributed by atoms with Crippen molar-refractivity contribution < 1.29 is 14.3 Å². The Morgan fingerprint density at radius 3 is 2.54 bits per heavy atom. The van der Waals surface area contributed by atoms with E-state index in [9.17, 15) is 9.59 Å². The summed E-state index contributed by atoms with van der Waals surface area (Å²) in [4.78, 5) is 21.6. The predicted molar refractivity (Wildman–Crippen MR) is 48.0 cm³/mol. The van der Waals surface area contributed by atoms with E-state index < -0.39 is 5.97 Å². The summed E-state index contributed by atoms with van der Waals surface area (Å²) in [6.45, 7) is 3.64. The molecule has 74 valence electrons. The maximum Gasteiger partial charge on any atom is 0.332 e. The number of nitrogens with one attached hydrogen (secondary N) is 2. The molecule has 0 aromatic carbocycles. The molecule has 5 nitrogen and oxygen atoms in total. The highest BCUT2D eigenvalue weighted by atomic mass is 16.5. The van der Waals surface area contributed by atoms with E-state index in [0.717, 1.165) is 0 Å². The van der Waals surface area contributed by atoms with Gasteiger partial charge in [-0.05, 0) is 13.8 Å². The standard InChI is InChI=1S/C8H14N2O3/c1-4-13-7(11)5-6(2)10-8(12)9-3/h5H,4H2,1-3H3,(H2,9,10,12)/b6-5-. The first-order valence-electron chi connectivity index (χ1n) is 3.94. The second-order valence-corrected chi connectivity index (χ2v) is 2.28. The molecule has 0 unspecified atom stereocenters. The van der Waals surface area contributed by atoms with Crippen molar-refractivity contribution in [2.24, 2.45) is 0 Å². The van der Waals surface area contributed by atoms with Gasteiger partial charge in [-0.2, -0.15) is 0 Å². The molecule has 0 atom stereocenters. The summed E-state index contributed by atoms with van der Waals surface area (Å²) in [5, 5.41) is 4.79. The summed E-state index contributed by atoms with van der Waals surface area (Å²) in [6, 6.07) is -0.363. The normalized spacial score (nSPS) is 10.5. The minimum absolute atomic E-state index is 0.322. The van der Waals surface area contributed by atoms with Gasteiger partial charge < -0.3 is 15.4 Å². The first-order valence-corrected chi connectivity index (χ1v) is 3.94. The number of hydrogen-bond acceptors (Lipinski definition) is 3. The van der Waals surface area contributed by atoms with Crippen molar-refractivity contribution in [1.29, 1.82) is 0 Å². The van der Waals surface area contributed by atoms with Crippen molar-refractivity contribution in [3.8, 4) is 0 Å². The number of carbonyl (C=O) groups is 2. The van der Waals surface area contributed by atoms with Crippen LogP contribution in [-0.2, 0) is 9.53 Å². The molecule has 2 N–H and O–H groups in total. The topological polar surface area (TPSA) is 67.4 Å². The number of allylic oxidation sites excluding steroid dienone is 1. The Morgan fingerprint density at radius 1 is 1.46 bits per heavy atom. The molecular weight excluding hydrogens is 172 g/mol. The molecule has 5 heteroatoms. The molecule has 0 saturated carbocycles. The van der Waals surface area contributed by atoms with Crippen LogP contribution in [0.5, 0.6) is 0 Å². The zero-order valence-electron chi connectivity index (χ0n) is 8.01. The molecule has 0 saturated heterocycles. The fourth-order valence-electron chi connectivity index (χ4n) is 0.638. The number of urea groups is 1. The van der Waals surface area contributed by atoms with E-state index in [4.69, 9.17) is 0 Å².